The van der Waals surface area contributed by atoms with Crippen LogP contribution >= 0.6 is 11.6 Å². The molecule has 14 heavy (non-hydrogen) atoms. The first kappa shape index (κ1) is 10.8. The normalized spacial score (nSPS) is 9.00. The highest BCUT2D eigenvalue weighted by Crippen LogP contribution is 2.04. The predicted molar refractivity (Wildman–Crippen MR) is 55.5 cm³/mol. The second-order valence-electron chi connectivity index (χ2n) is 2.59. The highest BCUT2D eigenvalue weighted by atomic mass is 35.5. The number of rotatable bonds is 2. The molecule has 0 aliphatic rings. The van der Waals surface area contributed by atoms with Gasteiger partial charge in [0.1, 0.15) is 6.61 Å². The molecule has 0 aromatic heterocycles. The van der Waals surface area contributed by atoms with Gasteiger partial charge in [0.2, 0.25) is 0 Å². The summed E-state index contributed by atoms with van der Waals surface area (Å²) in [7, 11) is 0. The third kappa shape index (κ3) is 2.88. The first-order chi connectivity index (χ1) is 6.77. The molecule has 3 heteroatoms. The Bertz CT molecular complexity index is 371. The van der Waals surface area contributed by atoms with Crippen molar-refractivity contribution in [2.45, 2.75) is 0 Å². The van der Waals surface area contributed by atoms with Crippen LogP contribution in [-0.4, -0.2) is 23.4 Å². The number of aliphatic hydroxyl groups excluding tert-OH is 1. The first-order valence-corrected chi connectivity index (χ1v) is 4.60. The molecule has 0 bridgehead atoms. The van der Waals surface area contributed by atoms with Crippen molar-refractivity contribution in [1.82, 2.24) is 0 Å². The van der Waals surface area contributed by atoms with Crippen LogP contribution in [0.25, 0.3) is 0 Å². The van der Waals surface area contributed by atoms with Crippen molar-refractivity contribution in [3.8, 4) is 11.8 Å². The lowest BCUT2D eigenvalue weighted by molar-refractivity contribution is 0.102. The van der Waals surface area contributed by atoms with Gasteiger partial charge in [0.15, 0.2) is 5.78 Å². The molecule has 72 valence electrons. The monoisotopic (exact) mass is 208 g/mol. The molecular weight excluding hydrogens is 200 g/mol. The second kappa shape index (κ2) is 5.43. The molecule has 0 heterocycles. The maximum Gasteiger partial charge on any atom is 0.177 e. The van der Waals surface area contributed by atoms with Gasteiger partial charge in [-0.05, 0) is 12.1 Å². The van der Waals surface area contributed by atoms with Gasteiger partial charge in [-0.15, -0.1) is 11.6 Å². The van der Waals surface area contributed by atoms with E-state index in [1.165, 1.54) is 0 Å². The molecule has 0 radical (unpaired) electrons. The van der Waals surface area contributed by atoms with Crippen molar-refractivity contribution in [2.24, 2.45) is 0 Å². The fourth-order valence-corrected chi connectivity index (χ4v) is 1.11. The SMILES string of the molecule is O=C(CCl)c1ccc(C#CCO)cc1. The summed E-state index contributed by atoms with van der Waals surface area (Å²) in [5, 5.41) is 8.46. The average molecular weight is 209 g/mol. The summed E-state index contributed by atoms with van der Waals surface area (Å²) in [5.74, 6) is 5.14. The zero-order chi connectivity index (χ0) is 10.4. The molecule has 0 saturated heterocycles. The minimum Gasteiger partial charge on any atom is -0.384 e. The summed E-state index contributed by atoms with van der Waals surface area (Å²) in [6.45, 7) is -0.164. The molecule has 0 atom stereocenters. The van der Waals surface area contributed by atoms with Crippen LogP contribution in [0.4, 0.5) is 0 Å². The minimum atomic E-state index is -0.164. The molecule has 0 aliphatic carbocycles. The molecule has 0 amide bonds. The standard InChI is InChI=1S/C11H9ClO2/c12-8-11(14)10-5-3-9(4-6-10)2-1-7-13/h3-6,13H,7-8H2. The second-order valence-corrected chi connectivity index (χ2v) is 2.86. The number of aliphatic hydroxyl groups is 1. The fraction of sp³-hybridized carbons (Fsp3) is 0.182. The average Bonchev–Trinajstić information content (AvgIpc) is 2.26. The topological polar surface area (TPSA) is 37.3 Å². The van der Waals surface area contributed by atoms with Crippen LogP contribution < -0.4 is 0 Å². The summed E-state index contributed by atoms with van der Waals surface area (Å²) in [5.41, 5.74) is 1.35. The Kier molecular flexibility index (Phi) is 4.18. The zero-order valence-electron chi connectivity index (χ0n) is 7.46. The quantitative estimate of drug-likeness (QED) is 0.454. The van der Waals surface area contributed by atoms with Gasteiger partial charge in [-0.1, -0.05) is 24.0 Å². The van der Waals surface area contributed by atoms with Crippen molar-refractivity contribution in [1.29, 1.82) is 0 Å². The molecule has 2 nitrogen and oxygen atoms in total. The lowest BCUT2D eigenvalue weighted by atomic mass is 10.1. The molecular formula is C11H9ClO2. The zero-order valence-corrected chi connectivity index (χ0v) is 8.21. The lowest BCUT2D eigenvalue weighted by Crippen LogP contribution is -1.99. The Labute approximate surface area is 87.5 Å². The van der Waals surface area contributed by atoms with Crippen LogP contribution in [0.5, 0.6) is 0 Å². The highest BCUT2D eigenvalue weighted by molar-refractivity contribution is 6.30. The van der Waals surface area contributed by atoms with Crippen molar-refractivity contribution in [3.63, 3.8) is 0 Å². The fourth-order valence-electron chi connectivity index (χ4n) is 0.958. The third-order valence-corrected chi connectivity index (χ3v) is 1.88. The van der Waals surface area contributed by atoms with E-state index in [-0.39, 0.29) is 18.3 Å². The third-order valence-electron chi connectivity index (χ3n) is 1.64. The van der Waals surface area contributed by atoms with E-state index in [1.54, 1.807) is 24.3 Å². The molecule has 0 fully saturated rings. The van der Waals surface area contributed by atoms with E-state index in [0.29, 0.717) is 5.56 Å². The van der Waals surface area contributed by atoms with E-state index in [0.717, 1.165) is 5.56 Å². The molecule has 0 unspecified atom stereocenters. The number of carbonyl (C=O) groups is 1. The van der Waals surface area contributed by atoms with E-state index >= 15 is 0 Å². The van der Waals surface area contributed by atoms with E-state index in [4.69, 9.17) is 16.7 Å². The number of halogens is 1. The molecule has 1 N–H and O–H groups in total. The number of alkyl halides is 1. The highest BCUT2D eigenvalue weighted by Gasteiger charge is 2.01. The molecule has 1 rings (SSSR count). The van der Waals surface area contributed by atoms with Gasteiger partial charge in [-0.25, -0.2) is 0 Å². The van der Waals surface area contributed by atoms with E-state index in [1.807, 2.05) is 0 Å². The smallest absolute Gasteiger partial charge is 0.177 e. The lowest BCUT2D eigenvalue weighted by Gasteiger charge is -1.96. The van der Waals surface area contributed by atoms with Crippen molar-refractivity contribution in [3.05, 3.63) is 35.4 Å². The maximum atomic E-state index is 11.1. The van der Waals surface area contributed by atoms with Gasteiger partial charge in [0.05, 0.1) is 5.88 Å². The Morgan fingerprint density at radius 1 is 1.36 bits per heavy atom. The Hall–Kier alpha value is -1.30. The molecule has 0 saturated carbocycles. The van der Waals surface area contributed by atoms with E-state index < -0.39 is 0 Å². The van der Waals surface area contributed by atoms with E-state index in [2.05, 4.69) is 11.8 Å². The molecule has 1 aromatic rings. The Morgan fingerprint density at radius 2 is 2.00 bits per heavy atom. The van der Waals surface area contributed by atoms with Crippen LogP contribution in [0.1, 0.15) is 15.9 Å². The minimum absolute atomic E-state index is 0.0122. The number of hydrogen-bond donors (Lipinski definition) is 1. The number of ketones is 1. The van der Waals surface area contributed by atoms with Gasteiger partial charge >= 0.3 is 0 Å². The summed E-state index contributed by atoms with van der Waals surface area (Å²) >= 11 is 5.40. The van der Waals surface area contributed by atoms with Crippen LogP contribution in [0.15, 0.2) is 24.3 Å². The summed E-state index contributed by atoms with van der Waals surface area (Å²) in [6.07, 6.45) is 0. The number of carbonyl (C=O) groups excluding carboxylic acids is 1. The summed E-state index contributed by atoms with van der Waals surface area (Å²) < 4.78 is 0. The summed E-state index contributed by atoms with van der Waals surface area (Å²) in [6, 6.07) is 6.79. The number of hydrogen-bond acceptors (Lipinski definition) is 2. The number of Topliss-reactive ketones (excluding diaryl/α,β-unsaturated/α-hetero) is 1. The van der Waals surface area contributed by atoms with Crippen molar-refractivity contribution < 1.29 is 9.90 Å². The van der Waals surface area contributed by atoms with E-state index in [9.17, 15) is 4.79 Å². The summed E-state index contributed by atoms with van der Waals surface area (Å²) in [4.78, 5) is 11.1. The maximum absolute atomic E-state index is 11.1. The van der Waals surface area contributed by atoms with Crippen molar-refractivity contribution in [2.75, 3.05) is 12.5 Å². The van der Waals surface area contributed by atoms with Gasteiger partial charge < -0.3 is 5.11 Å². The molecule has 1 aromatic carbocycles. The van der Waals surface area contributed by atoms with Crippen molar-refractivity contribution >= 4 is 17.4 Å². The van der Waals surface area contributed by atoms with Crippen LogP contribution in [0.3, 0.4) is 0 Å². The Morgan fingerprint density at radius 3 is 2.50 bits per heavy atom. The largest absolute Gasteiger partial charge is 0.384 e. The molecule has 0 aliphatic heterocycles. The Balaban J connectivity index is 2.83. The van der Waals surface area contributed by atoms with Crippen LogP contribution in [0.2, 0.25) is 0 Å². The van der Waals surface area contributed by atoms with Gasteiger partial charge in [-0.3, -0.25) is 4.79 Å². The number of benzene rings is 1. The van der Waals surface area contributed by atoms with Gasteiger partial charge in [0.25, 0.3) is 0 Å². The van der Waals surface area contributed by atoms with Crippen LogP contribution in [-0.2, 0) is 0 Å². The van der Waals surface area contributed by atoms with Crippen LogP contribution in [0, 0.1) is 11.8 Å². The molecule has 0 spiro atoms. The predicted octanol–water partition coefficient (Wildman–Crippen LogP) is 1.45. The first-order valence-electron chi connectivity index (χ1n) is 4.07. The van der Waals surface area contributed by atoms with Gasteiger partial charge in [0, 0.05) is 11.1 Å². The van der Waals surface area contributed by atoms with Gasteiger partial charge in [-0.2, -0.15) is 0 Å².